The van der Waals surface area contributed by atoms with Crippen LogP contribution in [0.25, 0.3) is 0 Å². The Labute approximate surface area is 175 Å². The molecule has 4 heteroatoms. The highest BCUT2D eigenvalue weighted by atomic mass is 19.3. The van der Waals surface area contributed by atoms with E-state index >= 15 is 0 Å². The second-order valence-corrected chi connectivity index (χ2v) is 9.28. The van der Waals surface area contributed by atoms with Gasteiger partial charge >= 0.3 is 5.97 Å². The first-order chi connectivity index (χ1) is 14.0. The van der Waals surface area contributed by atoms with Gasteiger partial charge < -0.3 is 5.11 Å². The molecule has 2 nitrogen and oxygen atoms in total. The third kappa shape index (κ3) is 7.86. The number of unbranched alkanes of at least 4 members (excludes halogenated alkanes) is 7. The van der Waals surface area contributed by atoms with E-state index in [0.717, 1.165) is 25.7 Å². The first-order valence-electron chi connectivity index (χ1n) is 11.9. The van der Waals surface area contributed by atoms with E-state index in [1.54, 1.807) is 0 Å². The van der Waals surface area contributed by atoms with Crippen molar-refractivity contribution in [1.82, 2.24) is 0 Å². The van der Waals surface area contributed by atoms with Gasteiger partial charge in [-0.05, 0) is 56.8 Å². The van der Waals surface area contributed by atoms with Crippen molar-refractivity contribution in [2.45, 2.75) is 110 Å². The monoisotopic (exact) mass is 410 g/mol. The molecule has 0 heterocycles. The number of aliphatic carboxylic acids is 1. The topological polar surface area (TPSA) is 37.3 Å². The van der Waals surface area contributed by atoms with Crippen LogP contribution < -0.4 is 0 Å². The van der Waals surface area contributed by atoms with Crippen LogP contribution in [-0.2, 0) is 4.79 Å². The molecular weight excluding hydrogens is 370 g/mol. The first-order valence-corrected chi connectivity index (χ1v) is 11.9. The van der Waals surface area contributed by atoms with Gasteiger partial charge in [0.05, 0.1) is 5.41 Å². The van der Waals surface area contributed by atoms with Gasteiger partial charge in [-0.15, -0.1) is 0 Å². The molecule has 0 aliphatic heterocycles. The van der Waals surface area contributed by atoms with Crippen LogP contribution in [0.2, 0.25) is 0 Å². The minimum Gasteiger partial charge on any atom is -0.481 e. The third-order valence-corrected chi connectivity index (χ3v) is 7.12. The smallest absolute Gasteiger partial charge is 0.309 e. The summed E-state index contributed by atoms with van der Waals surface area (Å²) in [6.07, 6.45) is 19.0. The van der Waals surface area contributed by atoms with E-state index in [1.807, 2.05) is 0 Å². The van der Waals surface area contributed by atoms with Crippen molar-refractivity contribution in [2.24, 2.45) is 17.3 Å². The summed E-state index contributed by atoms with van der Waals surface area (Å²) in [6, 6.07) is 0. The number of rotatable bonds is 13. The molecule has 2 aliphatic carbocycles. The van der Waals surface area contributed by atoms with Gasteiger partial charge in [0.1, 0.15) is 0 Å². The Balaban J connectivity index is 1.66. The van der Waals surface area contributed by atoms with E-state index in [4.69, 9.17) is 0 Å². The predicted octanol–water partition coefficient (Wildman–Crippen LogP) is 7.94. The lowest BCUT2D eigenvalue weighted by atomic mass is 9.65. The second-order valence-electron chi connectivity index (χ2n) is 9.28. The van der Waals surface area contributed by atoms with Crippen LogP contribution in [0.4, 0.5) is 8.78 Å². The van der Waals surface area contributed by atoms with E-state index in [2.05, 4.69) is 25.2 Å². The number of carboxylic acid groups (broad SMARTS) is 1. The Morgan fingerprint density at radius 2 is 1.72 bits per heavy atom. The minimum atomic E-state index is -2.54. The van der Waals surface area contributed by atoms with Gasteiger partial charge in [-0.1, -0.05) is 75.7 Å². The van der Waals surface area contributed by atoms with Gasteiger partial charge in [0, 0.05) is 6.42 Å². The van der Waals surface area contributed by atoms with Crippen molar-refractivity contribution in [1.29, 1.82) is 0 Å². The van der Waals surface area contributed by atoms with Crippen molar-refractivity contribution in [3.8, 4) is 0 Å². The molecule has 2 rings (SSSR count). The predicted molar refractivity (Wildman–Crippen MR) is 115 cm³/mol. The van der Waals surface area contributed by atoms with Crippen LogP contribution in [0, 0.1) is 17.3 Å². The molecule has 1 N–H and O–H groups in total. The van der Waals surface area contributed by atoms with Gasteiger partial charge in [-0.3, -0.25) is 4.79 Å². The largest absolute Gasteiger partial charge is 0.481 e. The van der Waals surface area contributed by atoms with Crippen molar-refractivity contribution in [3.05, 3.63) is 23.8 Å². The summed E-state index contributed by atoms with van der Waals surface area (Å²) >= 11 is 0. The molecule has 0 radical (unpaired) electrons. The second kappa shape index (κ2) is 12.5. The number of carbonyl (C=O) groups is 1. The minimum absolute atomic E-state index is 0.385. The van der Waals surface area contributed by atoms with E-state index < -0.39 is 24.2 Å². The highest BCUT2D eigenvalue weighted by Gasteiger charge is 2.44. The van der Waals surface area contributed by atoms with Crippen LogP contribution >= 0.6 is 0 Å². The summed E-state index contributed by atoms with van der Waals surface area (Å²) < 4.78 is 25.7. The molecule has 0 amide bonds. The SMILES string of the molecule is CCCCCCCCCCC1=CCC([C@H]2CC[C@](CC(F)F)(C(=O)O)CC2)C=C1. The lowest BCUT2D eigenvalue weighted by molar-refractivity contribution is -0.155. The number of carboxylic acids is 1. The van der Waals surface area contributed by atoms with E-state index in [0.29, 0.717) is 24.7 Å². The van der Waals surface area contributed by atoms with Crippen LogP contribution in [0.1, 0.15) is 103 Å². The molecule has 1 atom stereocenters. The number of allylic oxidation sites excluding steroid dienone is 4. The van der Waals surface area contributed by atoms with E-state index in [-0.39, 0.29) is 0 Å². The molecule has 0 saturated heterocycles. The lowest BCUT2D eigenvalue weighted by Gasteiger charge is -2.39. The van der Waals surface area contributed by atoms with Gasteiger partial charge in [-0.2, -0.15) is 0 Å². The fraction of sp³-hybridized carbons (Fsp3) is 0.800. The van der Waals surface area contributed by atoms with E-state index in [1.165, 1.54) is 56.9 Å². The maximum Gasteiger partial charge on any atom is 0.309 e. The quantitative estimate of drug-likeness (QED) is 0.313. The number of halogens is 2. The number of alkyl halides is 2. The van der Waals surface area contributed by atoms with Crippen molar-refractivity contribution < 1.29 is 18.7 Å². The van der Waals surface area contributed by atoms with Gasteiger partial charge in [0.2, 0.25) is 6.43 Å². The summed E-state index contributed by atoms with van der Waals surface area (Å²) in [7, 11) is 0. The van der Waals surface area contributed by atoms with Crippen LogP contribution in [0.15, 0.2) is 23.8 Å². The maximum atomic E-state index is 12.9. The third-order valence-electron chi connectivity index (χ3n) is 7.12. The summed E-state index contributed by atoms with van der Waals surface area (Å²) in [5.74, 6) is -0.170. The molecule has 0 aromatic rings. The average Bonchev–Trinajstić information content (AvgIpc) is 2.70. The first kappa shape index (κ1) is 24.1. The summed E-state index contributed by atoms with van der Waals surface area (Å²) in [5, 5.41) is 9.49. The molecular formula is C25H40F2O2. The number of hydrogen-bond acceptors (Lipinski definition) is 1. The average molecular weight is 411 g/mol. The highest BCUT2D eigenvalue weighted by molar-refractivity contribution is 5.74. The lowest BCUT2D eigenvalue weighted by Crippen LogP contribution is -2.38. The summed E-state index contributed by atoms with van der Waals surface area (Å²) in [6.45, 7) is 2.25. The van der Waals surface area contributed by atoms with Gasteiger partial charge in [0.25, 0.3) is 0 Å². The van der Waals surface area contributed by atoms with Crippen LogP contribution in [-0.4, -0.2) is 17.5 Å². The molecule has 2 aliphatic rings. The van der Waals surface area contributed by atoms with Crippen LogP contribution in [0.5, 0.6) is 0 Å². The molecule has 0 spiro atoms. The summed E-state index contributed by atoms with van der Waals surface area (Å²) in [4.78, 5) is 11.6. The maximum absolute atomic E-state index is 12.9. The fourth-order valence-electron chi connectivity index (χ4n) is 5.10. The molecule has 0 bridgehead atoms. The summed E-state index contributed by atoms with van der Waals surface area (Å²) in [5.41, 5.74) is 0.223. The molecule has 29 heavy (non-hydrogen) atoms. The molecule has 0 aromatic heterocycles. The molecule has 166 valence electrons. The zero-order chi connectivity index (χ0) is 21.1. The van der Waals surface area contributed by atoms with Crippen molar-refractivity contribution in [2.75, 3.05) is 0 Å². The molecule has 1 saturated carbocycles. The normalized spacial score (nSPS) is 27.2. The molecule has 0 aromatic carbocycles. The van der Waals surface area contributed by atoms with Crippen molar-refractivity contribution in [3.63, 3.8) is 0 Å². The Hall–Kier alpha value is -1.19. The molecule has 1 fully saturated rings. The Morgan fingerprint density at radius 1 is 1.10 bits per heavy atom. The Bertz CT molecular complexity index is 545. The molecule has 1 unspecified atom stereocenters. The fourth-order valence-corrected chi connectivity index (χ4v) is 5.10. The standard InChI is InChI=1S/C25H40F2O2/c1-2-3-4-5-6-7-8-9-10-20-11-13-21(14-12-20)22-15-17-25(18-16-22,24(28)29)19-23(26)27/h11-13,21-23H,2-10,14-19H2,1H3,(H,28,29)/t21?,22-,25-. The van der Waals surface area contributed by atoms with E-state index in [9.17, 15) is 18.7 Å². The van der Waals surface area contributed by atoms with Gasteiger partial charge in [-0.25, -0.2) is 8.78 Å². The number of hydrogen-bond donors (Lipinski definition) is 1. The zero-order valence-electron chi connectivity index (χ0n) is 18.2. The van der Waals surface area contributed by atoms with Crippen LogP contribution in [0.3, 0.4) is 0 Å². The van der Waals surface area contributed by atoms with Gasteiger partial charge in [0.15, 0.2) is 0 Å². The Kier molecular flexibility index (Phi) is 10.4. The Morgan fingerprint density at radius 3 is 2.24 bits per heavy atom. The zero-order valence-corrected chi connectivity index (χ0v) is 18.2. The highest BCUT2D eigenvalue weighted by Crippen LogP contribution is 2.46. The van der Waals surface area contributed by atoms with Crippen molar-refractivity contribution >= 4 is 5.97 Å².